The van der Waals surface area contributed by atoms with Crippen LogP contribution in [0.5, 0.6) is 0 Å². The minimum Gasteiger partial charge on any atom is -0.393 e. The summed E-state index contributed by atoms with van der Waals surface area (Å²) in [5.74, 6) is 8.27. The molecule has 174 valence electrons. The number of aliphatic hydroxyl groups excluding tert-OH is 1. The molecule has 1 unspecified atom stereocenters. The summed E-state index contributed by atoms with van der Waals surface area (Å²) in [6.07, 6.45) is 11.8. The second kappa shape index (κ2) is 7.72. The fourth-order valence-corrected chi connectivity index (χ4v) is 9.40. The van der Waals surface area contributed by atoms with Crippen LogP contribution in [0.4, 0.5) is 0 Å². The fraction of sp³-hybridized carbons (Fsp3) is 0.724. The summed E-state index contributed by atoms with van der Waals surface area (Å²) < 4.78 is 0. The van der Waals surface area contributed by atoms with Crippen molar-refractivity contribution in [1.82, 2.24) is 0 Å². The molecule has 2 N–H and O–H groups in total. The molecule has 3 fully saturated rings. The maximum absolute atomic E-state index is 11.7. The normalized spacial score (nSPS) is 44.9. The maximum Gasteiger partial charge on any atom is 0.0768 e. The van der Waals surface area contributed by atoms with Crippen molar-refractivity contribution in [3.63, 3.8) is 0 Å². The van der Waals surface area contributed by atoms with Gasteiger partial charge in [-0.25, -0.2) is 0 Å². The standard InChI is InChI=1S/C29H40O2S/c1-26-15-11-21(30)19-20(26)9-10-24-23(26)12-16-28(3)25(13-17-27(24,28)2)29(4,31)14-5-7-22-8-6-18-32-22/h6,8-9,18,21,23-25,30-31H,10-17,19H2,1-4H3/t21-,23-,24?,25-,26-,27-,28+,29-/m0/s1. The third-order valence-corrected chi connectivity index (χ3v) is 11.6. The van der Waals surface area contributed by atoms with Crippen molar-refractivity contribution in [2.75, 3.05) is 0 Å². The maximum atomic E-state index is 11.7. The van der Waals surface area contributed by atoms with E-state index in [-0.39, 0.29) is 22.3 Å². The van der Waals surface area contributed by atoms with E-state index < -0.39 is 5.60 Å². The number of thiophene rings is 1. The van der Waals surface area contributed by atoms with Crippen molar-refractivity contribution in [1.29, 1.82) is 0 Å². The van der Waals surface area contributed by atoms with Gasteiger partial charge in [0.1, 0.15) is 0 Å². The van der Waals surface area contributed by atoms with Crippen molar-refractivity contribution in [3.8, 4) is 11.8 Å². The molecule has 0 spiro atoms. The number of rotatable bonds is 2. The van der Waals surface area contributed by atoms with Gasteiger partial charge in [-0.15, -0.1) is 11.3 Å². The quantitative estimate of drug-likeness (QED) is 0.393. The van der Waals surface area contributed by atoms with Gasteiger partial charge in [0.2, 0.25) is 0 Å². The average Bonchev–Trinajstić information content (AvgIpc) is 3.34. The summed E-state index contributed by atoms with van der Waals surface area (Å²) in [5.41, 5.74) is 1.46. The van der Waals surface area contributed by atoms with Gasteiger partial charge in [0.25, 0.3) is 0 Å². The van der Waals surface area contributed by atoms with Crippen LogP contribution < -0.4 is 0 Å². The highest BCUT2D eigenvalue weighted by atomic mass is 32.1. The van der Waals surface area contributed by atoms with E-state index in [1.165, 1.54) is 24.8 Å². The van der Waals surface area contributed by atoms with Gasteiger partial charge in [0, 0.05) is 6.42 Å². The Morgan fingerprint density at radius 1 is 1.09 bits per heavy atom. The molecule has 0 amide bonds. The van der Waals surface area contributed by atoms with Crippen molar-refractivity contribution >= 4 is 11.3 Å². The average molecular weight is 453 g/mol. The largest absolute Gasteiger partial charge is 0.393 e. The number of hydrogen-bond donors (Lipinski definition) is 2. The Balaban J connectivity index is 1.41. The molecule has 1 heterocycles. The topological polar surface area (TPSA) is 40.5 Å². The summed E-state index contributed by atoms with van der Waals surface area (Å²) in [6, 6.07) is 4.09. The number of fused-ring (bicyclic) bond motifs is 5. The second-order valence-electron chi connectivity index (χ2n) is 12.3. The highest BCUT2D eigenvalue weighted by Crippen LogP contribution is 2.73. The van der Waals surface area contributed by atoms with Crippen LogP contribution in [0.3, 0.4) is 0 Å². The number of allylic oxidation sites excluding steroid dienone is 1. The van der Waals surface area contributed by atoms with E-state index in [0.29, 0.717) is 18.3 Å². The van der Waals surface area contributed by atoms with E-state index in [1.54, 1.807) is 11.3 Å². The van der Waals surface area contributed by atoms with Gasteiger partial charge in [0.15, 0.2) is 0 Å². The van der Waals surface area contributed by atoms with E-state index in [0.717, 1.165) is 42.9 Å². The van der Waals surface area contributed by atoms with Crippen LogP contribution in [0.25, 0.3) is 0 Å². The molecule has 0 radical (unpaired) electrons. The molecule has 4 aliphatic carbocycles. The molecule has 0 aliphatic heterocycles. The molecule has 1 aromatic rings. The third kappa shape index (κ3) is 3.28. The van der Waals surface area contributed by atoms with E-state index in [1.807, 2.05) is 13.0 Å². The smallest absolute Gasteiger partial charge is 0.0768 e. The zero-order valence-electron chi connectivity index (χ0n) is 20.3. The minimum absolute atomic E-state index is 0.142. The van der Waals surface area contributed by atoms with Gasteiger partial charge >= 0.3 is 0 Å². The van der Waals surface area contributed by atoms with Crippen LogP contribution in [0.2, 0.25) is 0 Å². The van der Waals surface area contributed by atoms with Gasteiger partial charge in [-0.05, 0) is 104 Å². The van der Waals surface area contributed by atoms with Crippen LogP contribution in [-0.2, 0) is 0 Å². The molecule has 5 rings (SSSR count). The van der Waals surface area contributed by atoms with Crippen molar-refractivity contribution < 1.29 is 10.2 Å². The third-order valence-electron chi connectivity index (χ3n) is 10.9. The number of hydrogen-bond acceptors (Lipinski definition) is 3. The van der Waals surface area contributed by atoms with Crippen LogP contribution >= 0.6 is 11.3 Å². The molecule has 0 saturated heterocycles. The Hall–Kier alpha value is -1.08. The Bertz CT molecular complexity index is 950. The lowest BCUT2D eigenvalue weighted by atomic mass is 9.42. The predicted molar refractivity (Wildman–Crippen MR) is 132 cm³/mol. The zero-order chi connectivity index (χ0) is 22.8. The highest BCUT2D eigenvalue weighted by molar-refractivity contribution is 7.10. The van der Waals surface area contributed by atoms with Crippen molar-refractivity contribution in [2.24, 2.45) is 34.0 Å². The zero-order valence-corrected chi connectivity index (χ0v) is 21.1. The van der Waals surface area contributed by atoms with Gasteiger partial charge in [-0.2, -0.15) is 0 Å². The first kappa shape index (κ1) is 22.7. The van der Waals surface area contributed by atoms with Crippen LogP contribution in [0.15, 0.2) is 29.2 Å². The highest BCUT2D eigenvalue weighted by Gasteiger charge is 2.66. The summed E-state index contributed by atoms with van der Waals surface area (Å²) >= 11 is 1.67. The molecule has 1 aromatic heterocycles. The predicted octanol–water partition coefficient (Wildman–Crippen LogP) is 6.57. The Morgan fingerprint density at radius 2 is 1.88 bits per heavy atom. The molecule has 32 heavy (non-hydrogen) atoms. The first-order chi connectivity index (χ1) is 15.1. The lowest BCUT2D eigenvalue weighted by Gasteiger charge is -2.63. The summed E-state index contributed by atoms with van der Waals surface area (Å²) in [5, 5.41) is 24.0. The van der Waals surface area contributed by atoms with E-state index in [2.05, 4.69) is 50.1 Å². The van der Waals surface area contributed by atoms with E-state index >= 15 is 0 Å². The molecule has 3 saturated carbocycles. The first-order valence-electron chi connectivity index (χ1n) is 12.7. The minimum atomic E-state index is -0.752. The fourth-order valence-electron chi connectivity index (χ4n) is 8.81. The molecule has 2 nitrogen and oxygen atoms in total. The Morgan fingerprint density at radius 3 is 2.62 bits per heavy atom. The molecule has 8 atom stereocenters. The SMILES string of the molecule is C[C@](O)(CC#Cc1cccs1)[C@H]1CC[C@@]2(C)C3CC=C4C[C@@H](O)CC[C@]4(C)[C@H]3CC[C@]12C. The van der Waals surface area contributed by atoms with Gasteiger partial charge in [0.05, 0.1) is 16.6 Å². The van der Waals surface area contributed by atoms with Crippen LogP contribution in [-0.4, -0.2) is 21.9 Å². The molecule has 3 heteroatoms. The van der Waals surface area contributed by atoms with Crippen molar-refractivity contribution in [3.05, 3.63) is 34.0 Å². The van der Waals surface area contributed by atoms with Crippen LogP contribution in [0, 0.1) is 45.8 Å². The van der Waals surface area contributed by atoms with Gasteiger partial charge in [-0.1, -0.05) is 50.3 Å². The number of aliphatic hydroxyl groups is 2. The monoisotopic (exact) mass is 452 g/mol. The summed E-state index contributed by atoms with van der Waals surface area (Å²) in [6.45, 7) is 9.59. The lowest BCUT2D eigenvalue weighted by molar-refractivity contribution is -0.141. The molecule has 4 aliphatic rings. The molecule has 0 bridgehead atoms. The van der Waals surface area contributed by atoms with E-state index in [4.69, 9.17) is 0 Å². The van der Waals surface area contributed by atoms with Gasteiger partial charge in [-0.3, -0.25) is 0 Å². The van der Waals surface area contributed by atoms with Crippen molar-refractivity contribution in [2.45, 2.75) is 97.2 Å². The summed E-state index contributed by atoms with van der Waals surface area (Å²) in [7, 11) is 0. The second-order valence-corrected chi connectivity index (χ2v) is 13.2. The van der Waals surface area contributed by atoms with E-state index in [9.17, 15) is 10.2 Å². The molecular formula is C29H40O2S. The first-order valence-corrected chi connectivity index (χ1v) is 13.6. The lowest BCUT2D eigenvalue weighted by Crippen LogP contribution is -2.57. The molecule has 0 aromatic carbocycles. The molecular weight excluding hydrogens is 412 g/mol. The van der Waals surface area contributed by atoms with Gasteiger partial charge < -0.3 is 10.2 Å². The summed E-state index contributed by atoms with van der Waals surface area (Å²) in [4.78, 5) is 1.08. The van der Waals surface area contributed by atoms with Crippen LogP contribution in [0.1, 0.15) is 90.4 Å². The Kier molecular flexibility index (Phi) is 5.48. The Labute approximate surface area is 198 Å².